The predicted octanol–water partition coefficient (Wildman–Crippen LogP) is 3.75. The van der Waals surface area contributed by atoms with Crippen LogP contribution in [0.3, 0.4) is 0 Å². The molecule has 0 fully saturated rings. The number of aliphatic hydroxyl groups excluding tert-OH is 1. The van der Waals surface area contributed by atoms with E-state index in [0.717, 1.165) is 12.8 Å². The topological polar surface area (TPSA) is 20.2 Å². The van der Waals surface area contributed by atoms with E-state index in [-0.39, 0.29) is 0 Å². The highest BCUT2D eigenvalue weighted by Gasteiger charge is 2.06. The summed E-state index contributed by atoms with van der Waals surface area (Å²) in [5.74, 6) is 0.406. The molecule has 0 aliphatic carbocycles. The first-order chi connectivity index (χ1) is 7.65. The summed E-state index contributed by atoms with van der Waals surface area (Å²) in [7, 11) is 0. The van der Waals surface area contributed by atoms with Crippen LogP contribution in [-0.4, -0.2) is 17.0 Å². The van der Waals surface area contributed by atoms with Gasteiger partial charge in [0.05, 0.1) is 0 Å². The van der Waals surface area contributed by atoms with Gasteiger partial charge in [-0.15, -0.1) is 11.8 Å². The Morgan fingerprint density at radius 1 is 1.19 bits per heavy atom. The van der Waals surface area contributed by atoms with Gasteiger partial charge < -0.3 is 5.11 Å². The van der Waals surface area contributed by atoms with Gasteiger partial charge in [0.25, 0.3) is 0 Å². The molecule has 0 bridgehead atoms. The van der Waals surface area contributed by atoms with Gasteiger partial charge in [-0.3, -0.25) is 0 Å². The summed E-state index contributed by atoms with van der Waals surface area (Å²) in [5, 5.41) is 9.79. The zero-order valence-electron chi connectivity index (χ0n) is 10.4. The monoisotopic (exact) mass is 238 g/mol. The Hall–Kier alpha value is -0.470. The molecule has 2 heteroatoms. The quantitative estimate of drug-likeness (QED) is 0.762. The van der Waals surface area contributed by atoms with E-state index >= 15 is 0 Å². The van der Waals surface area contributed by atoms with Crippen molar-refractivity contribution in [3.8, 4) is 0 Å². The summed E-state index contributed by atoms with van der Waals surface area (Å²) in [6.45, 7) is 6.83. The Balaban J connectivity index is 2.57. The van der Waals surface area contributed by atoms with Crippen LogP contribution in [0.5, 0.6) is 0 Å². The third-order valence-electron chi connectivity index (χ3n) is 2.66. The van der Waals surface area contributed by atoms with Gasteiger partial charge in [-0.25, -0.2) is 0 Å². The van der Waals surface area contributed by atoms with Crippen molar-refractivity contribution in [1.29, 1.82) is 0 Å². The number of hydrogen-bond acceptors (Lipinski definition) is 2. The molecule has 0 saturated heterocycles. The molecule has 0 aliphatic rings. The lowest BCUT2D eigenvalue weighted by Gasteiger charge is -2.12. The minimum absolute atomic E-state index is 0.291. The second-order valence-corrected chi connectivity index (χ2v) is 6.12. The molecule has 0 aliphatic heterocycles. The van der Waals surface area contributed by atoms with E-state index < -0.39 is 0 Å². The Labute approximate surface area is 103 Å². The van der Waals surface area contributed by atoms with Crippen molar-refractivity contribution in [3.05, 3.63) is 29.8 Å². The largest absolute Gasteiger partial charge is 0.396 e. The second kappa shape index (κ2) is 6.97. The van der Waals surface area contributed by atoms with Crippen molar-refractivity contribution in [2.45, 2.75) is 43.8 Å². The molecule has 1 rings (SSSR count). The average molecular weight is 238 g/mol. The van der Waals surface area contributed by atoms with Crippen molar-refractivity contribution < 1.29 is 5.11 Å². The Bertz CT molecular complexity index is 288. The fourth-order valence-electron chi connectivity index (χ4n) is 1.65. The van der Waals surface area contributed by atoms with E-state index in [2.05, 4.69) is 45.0 Å². The molecular formula is C14H22OS. The van der Waals surface area contributed by atoms with Crippen molar-refractivity contribution >= 4 is 11.8 Å². The van der Waals surface area contributed by atoms with Crippen LogP contribution in [0.15, 0.2) is 29.2 Å². The van der Waals surface area contributed by atoms with Crippen LogP contribution in [-0.2, 0) is 6.42 Å². The maximum Gasteiger partial charge on any atom is 0.0462 e. The third kappa shape index (κ3) is 4.58. The average Bonchev–Trinajstić information content (AvgIpc) is 2.27. The fourth-order valence-corrected chi connectivity index (χ4v) is 2.49. The molecule has 1 atom stereocenters. The van der Waals surface area contributed by atoms with Gasteiger partial charge >= 0.3 is 0 Å². The van der Waals surface area contributed by atoms with Gasteiger partial charge in [-0.2, -0.15) is 0 Å². The summed E-state index contributed by atoms with van der Waals surface area (Å²) in [6.07, 6.45) is 2.03. The SMILES string of the molecule is CCC(CO)Cc1ccc(SC(C)C)cc1. The third-order valence-corrected chi connectivity index (χ3v) is 3.67. The van der Waals surface area contributed by atoms with Crippen LogP contribution in [0.2, 0.25) is 0 Å². The molecular weight excluding hydrogens is 216 g/mol. The molecule has 16 heavy (non-hydrogen) atoms. The zero-order chi connectivity index (χ0) is 12.0. The summed E-state index contributed by atoms with van der Waals surface area (Å²) in [5.41, 5.74) is 1.33. The molecule has 0 saturated carbocycles. The Kier molecular flexibility index (Phi) is 5.93. The number of hydrogen-bond donors (Lipinski definition) is 1. The van der Waals surface area contributed by atoms with Gasteiger partial charge in [0.1, 0.15) is 0 Å². The van der Waals surface area contributed by atoms with Crippen LogP contribution in [0.25, 0.3) is 0 Å². The number of aliphatic hydroxyl groups is 1. The van der Waals surface area contributed by atoms with Crippen molar-refractivity contribution in [2.24, 2.45) is 5.92 Å². The number of thioether (sulfide) groups is 1. The number of rotatable bonds is 6. The smallest absolute Gasteiger partial charge is 0.0462 e. The van der Waals surface area contributed by atoms with Gasteiger partial charge in [0.2, 0.25) is 0 Å². The summed E-state index contributed by atoms with van der Waals surface area (Å²) in [4.78, 5) is 1.33. The van der Waals surface area contributed by atoms with Crippen LogP contribution < -0.4 is 0 Å². The highest BCUT2D eigenvalue weighted by Crippen LogP contribution is 2.23. The molecule has 0 spiro atoms. The summed E-state index contributed by atoms with van der Waals surface area (Å²) in [6, 6.07) is 8.74. The highest BCUT2D eigenvalue weighted by molar-refractivity contribution is 7.99. The molecule has 1 N–H and O–H groups in total. The summed E-state index contributed by atoms with van der Waals surface area (Å²) < 4.78 is 0. The first-order valence-corrected chi connectivity index (χ1v) is 6.90. The molecule has 1 unspecified atom stereocenters. The van der Waals surface area contributed by atoms with Gasteiger partial charge in [-0.05, 0) is 30.0 Å². The maximum absolute atomic E-state index is 9.16. The van der Waals surface area contributed by atoms with Gasteiger partial charge in [-0.1, -0.05) is 39.3 Å². The van der Waals surface area contributed by atoms with Gasteiger partial charge in [0.15, 0.2) is 0 Å². The minimum Gasteiger partial charge on any atom is -0.396 e. The van der Waals surface area contributed by atoms with Crippen LogP contribution >= 0.6 is 11.8 Å². The van der Waals surface area contributed by atoms with E-state index in [9.17, 15) is 0 Å². The molecule has 0 heterocycles. The standard InChI is InChI=1S/C14H22OS/c1-4-12(10-15)9-13-5-7-14(8-6-13)16-11(2)3/h5-8,11-12,15H,4,9-10H2,1-3H3. The normalized spacial score (nSPS) is 13.1. The van der Waals surface area contributed by atoms with Crippen LogP contribution in [0, 0.1) is 5.92 Å². The van der Waals surface area contributed by atoms with E-state index in [1.54, 1.807) is 0 Å². The number of benzene rings is 1. The molecule has 0 amide bonds. The minimum atomic E-state index is 0.291. The first-order valence-electron chi connectivity index (χ1n) is 6.02. The Morgan fingerprint density at radius 3 is 2.25 bits per heavy atom. The van der Waals surface area contributed by atoms with E-state index in [1.165, 1.54) is 10.5 Å². The molecule has 1 nitrogen and oxygen atoms in total. The molecule has 0 aromatic heterocycles. The van der Waals surface area contributed by atoms with Gasteiger partial charge in [0, 0.05) is 16.8 Å². The lowest BCUT2D eigenvalue weighted by molar-refractivity contribution is 0.222. The maximum atomic E-state index is 9.16. The van der Waals surface area contributed by atoms with E-state index in [1.807, 2.05) is 11.8 Å². The molecule has 1 aromatic rings. The molecule has 0 radical (unpaired) electrons. The lowest BCUT2D eigenvalue weighted by atomic mass is 9.98. The Morgan fingerprint density at radius 2 is 1.81 bits per heavy atom. The fraction of sp³-hybridized carbons (Fsp3) is 0.571. The van der Waals surface area contributed by atoms with Crippen molar-refractivity contribution in [2.75, 3.05) is 6.61 Å². The van der Waals surface area contributed by atoms with Crippen LogP contribution in [0.4, 0.5) is 0 Å². The highest BCUT2D eigenvalue weighted by atomic mass is 32.2. The molecule has 90 valence electrons. The van der Waals surface area contributed by atoms with Crippen molar-refractivity contribution in [1.82, 2.24) is 0 Å². The predicted molar refractivity (Wildman–Crippen MR) is 72.0 cm³/mol. The summed E-state index contributed by atoms with van der Waals surface area (Å²) >= 11 is 1.89. The van der Waals surface area contributed by atoms with Crippen LogP contribution in [0.1, 0.15) is 32.8 Å². The second-order valence-electron chi connectivity index (χ2n) is 4.47. The van der Waals surface area contributed by atoms with E-state index in [4.69, 9.17) is 5.11 Å². The van der Waals surface area contributed by atoms with Crippen molar-refractivity contribution in [3.63, 3.8) is 0 Å². The van der Waals surface area contributed by atoms with E-state index in [0.29, 0.717) is 17.8 Å². The molecule has 1 aromatic carbocycles. The zero-order valence-corrected chi connectivity index (χ0v) is 11.3. The lowest BCUT2D eigenvalue weighted by Crippen LogP contribution is -2.07. The first kappa shape index (κ1) is 13.6.